The van der Waals surface area contributed by atoms with Gasteiger partial charge >= 0.3 is 0 Å². The molecule has 194 valence electrons. The van der Waals surface area contributed by atoms with Crippen molar-refractivity contribution in [2.75, 3.05) is 11.9 Å². The first-order valence-electron chi connectivity index (χ1n) is 13.0. The van der Waals surface area contributed by atoms with Crippen molar-refractivity contribution in [2.24, 2.45) is 0 Å². The maximum absolute atomic E-state index is 13.2. The van der Waals surface area contributed by atoms with Gasteiger partial charge in [-0.25, -0.2) is 14.5 Å². The number of anilines is 1. The van der Waals surface area contributed by atoms with Gasteiger partial charge in [-0.2, -0.15) is 5.10 Å². The monoisotopic (exact) mass is 509 g/mol. The summed E-state index contributed by atoms with van der Waals surface area (Å²) in [6.07, 6.45) is 6.39. The highest BCUT2D eigenvalue weighted by molar-refractivity contribution is 5.96. The normalized spacial score (nSPS) is 17.2. The summed E-state index contributed by atoms with van der Waals surface area (Å²) in [5.41, 5.74) is 5.50. The van der Waals surface area contributed by atoms with Crippen LogP contribution in [0.2, 0.25) is 0 Å². The molecule has 9 nitrogen and oxygen atoms in total. The molecule has 2 N–H and O–H groups in total. The number of aromatic nitrogens is 5. The van der Waals surface area contributed by atoms with Crippen LogP contribution in [0, 0.1) is 0 Å². The number of carbonyl (C=O) groups excluding carboxylic acids is 1. The lowest BCUT2D eigenvalue weighted by Crippen LogP contribution is -2.50. The predicted octanol–water partition coefficient (Wildman–Crippen LogP) is 4.22. The first-order chi connectivity index (χ1) is 18.4. The zero-order chi connectivity index (χ0) is 26.4. The van der Waals surface area contributed by atoms with Gasteiger partial charge in [-0.3, -0.25) is 4.79 Å². The summed E-state index contributed by atoms with van der Waals surface area (Å²) < 4.78 is 3.77. The van der Waals surface area contributed by atoms with Gasteiger partial charge in [0.05, 0.1) is 29.7 Å². The highest BCUT2D eigenvalue weighted by Crippen LogP contribution is 2.34. The Balaban J connectivity index is 1.50. The van der Waals surface area contributed by atoms with Crippen molar-refractivity contribution in [3.63, 3.8) is 0 Å². The summed E-state index contributed by atoms with van der Waals surface area (Å²) >= 11 is 0. The molecule has 0 aliphatic heterocycles. The van der Waals surface area contributed by atoms with Gasteiger partial charge in [-0.05, 0) is 50.5 Å². The van der Waals surface area contributed by atoms with E-state index in [-0.39, 0.29) is 18.0 Å². The van der Waals surface area contributed by atoms with E-state index in [2.05, 4.69) is 63.0 Å². The number of nitrogens with zero attached hydrogens (tertiary/aromatic N) is 6. The average Bonchev–Trinajstić information content (AvgIpc) is 3.53. The Morgan fingerprint density at radius 1 is 1.13 bits per heavy atom. The highest BCUT2D eigenvalue weighted by Gasteiger charge is 2.31. The van der Waals surface area contributed by atoms with Crippen molar-refractivity contribution in [3.8, 4) is 11.3 Å². The minimum absolute atomic E-state index is 0.216. The van der Waals surface area contributed by atoms with Crippen LogP contribution in [0.25, 0.3) is 27.9 Å². The number of pyridine rings is 1. The Kier molecular flexibility index (Phi) is 6.07. The highest BCUT2D eigenvalue weighted by atomic mass is 16.3. The van der Waals surface area contributed by atoms with Crippen LogP contribution in [0.15, 0.2) is 67.1 Å². The molecule has 4 aromatic heterocycles. The maximum atomic E-state index is 13.2. The molecule has 1 aliphatic rings. The topological polar surface area (TPSA) is 101 Å². The van der Waals surface area contributed by atoms with Crippen molar-refractivity contribution in [1.82, 2.24) is 29.5 Å². The largest absolute Gasteiger partial charge is 0.391 e. The second-order valence-electron chi connectivity index (χ2n) is 10.3. The van der Waals surface area contributed by atoms with Gasteiger partial charge in [-0.1, -0.05) is 30.3 Å². The van der Waals surface area contributed by atoms with Crippen LogP contribution in [0.5, 0.6) is 0 Å². The van der Waals surface area contributed by atoms with E-state index in [1.807, 2.05) is 37.4 Å². The summed E-state index contributed by atoms with van der Waals surface area (Å²) in [5, 5.41) is 18.9. The molecule has 0 saturated heterocycles. The molecule has 1 saturated carbocycles. The number of hydrogen-bond donors (Lipinski definition) is 2. The average molecular weight is 510 g/mol. The van der Waals surface area contributed by atoms with Crippen LogP contribution in [0.1, 0.15) is 48.8 Å². The lowest BCUT2D eigenvalue weighted by Gasteiger charge is -2.32. The van der Waals surface area contributed by atoms with E-state index >= 15 is 0 Å². The smallest absolute Gasteiger partial charge is 0.271 e. The number of benzene rings is 1. The second kappa shape index (κ2) is 9.57. The first kappa shape index (κ1) is 24.1. The fourth-order valence-electron chi connectivity index (χ4n) is 5.04. The minimum Gasteiger partial charge on any atom is -0.391 e. The van der Waals surface area contributed by atoms with E-state index in [1.54, 1.807) is 16.9 Å². The molecule has 2 unspecified atom stereocenters. The van der Waals surface area contributed by atoms with E-state index in [1.165, 1.54) is 0 Å². The predicted molar refractivity (Wildman–Crippen MR) is 147 cm³/mol. The molecule has 1 aromatic carbocycles. The van der Waals surface area contributed by atoms with Crippen LogP contribution in [0.3, 0.4) is 0 Å². The molecule has 38 heavy (non-hydrogen) atoms. The van der Waals surface area contributed by atoms with Gasteiger partial charge in [-0.15, -0.1) is 0 Å². The standard InChI is InChI=1S/C29H31N7O2/c1-18(2)35-17-21(20-10-7-13-30-27(20)35)23-14-24(34(3)16-19-8-5-4-6-9-19)28-31-15-25(36(28)33-23)29(38)32-22-11-12-26(22)37/h4-10,13-15,17-18,22,26,37H,11-12,16H2,1-3H3,(H,32,38). The Bertz CT molecular complexity index is 1620. The molecule has 0 bridgehead atoms. The van der Waals surface area contributed by atoms with Crippen molar-refractivity contribution >= 4 is 28.3 Å². The minimum atomic E-state index is -0.510. The number of aliphatic hydroxyl groups is 1. The lowest BCUT2D eigenvalue weighted by molar-refractivity contribution is 0.0445. The molecule has 6 rings (SSSR count). The molecular formula is C29H31N7O2. The number of amides is 1. The number of carbonyl (C=O) groups is 1. The number of hydrogen-bond acceptors (Lipinski definition) is 6. The maximum Gasteiger partial charge on any atom is 0.271 e. The lowest BCUT2D eigenvalue weighted by atomic mass is 9.89. The third-order valence-corrected chi connectivity index (χ3v) is 7.33. The van der Waals surface area contributed by atoms with Crippen molar-refractivity contribution in [1.29, 1.82) is 0 Å². The number of fused-ring (bicyclic) bond motifs is 2. The van der Waals surface area contributed by atoms with Gasteiger partial charge in [0.25, 0.3) is 5.91 Å². The summed E-state index contributed by atoms with van der Waals surface area (Å²) in [6, 6.07) is 16.2. The number of aliphatic hydroxyl groups excluding tert-OH is 1. The van der Waals surface area contributed by atoms with Crippen LogP contribution in [-0.4, -0.2) is 54.4 Å². The van der Waals surface area contributed by atoms with E-state index in [9.17, 15) is 9.90 Å². The molecule has 5 aromatic rings. The molecular weight excluding hydrogens is 478 g/mol. The van der Waals surface area contributed by atoms with Gasteiger partial charge < -0.3 is 19.9 Å². The SMILES string of the molecule is CC(C)n1cc(-c2cc(N(C)Cc3ccccc3)c3ncc(C(=O)NC4CCC4O)n3n2)c2cccnc21. The Labute approximate surface area is 220 Å². The molecule has 0 radical (unpaired) electrons. The van der Waals surface area contributed by atoms with Gasteiger partial charge in [0.15, 0.2) is 11.3 Å². The van der Waals surface area contributed by atoms with Crippen LogP contribution in [-0.2, 0) is 6.54 Å². The number of imidazole rings is 1. The molecule has 2 atom stereocenters. The van der Waals surface area contributed by atoms with Crippen molar-refractivity contribution in [2.45, 2.75) is 51.4 Å². The van der Waals surface area contributed by atoms with E-state index < -0.39 is 6.10 Å². The molecule has 4 heterocycles. The van der Waals surface area contributed by atoms with Crippen LogP contribution < -0.4 is 10.2 Å². The van der Waals surface area contributed by atoms with E-state index in [0.29, 0.717) is 24.3 Å². The van der Waals surface area contributed by atoms with Gasteiger partial charge in [0.2, 0.25) is 0 Å². The van der Waals surface area contributed by atoms with Crippen molar-refractivity contribution < 1.29 is 9.90 Å². The summed E-state index contributed by atoms with van der Waals surface area (Å²) in [7, 11) is 2.02. The Morgan fingerprint density at radius 3 is 2.66 bits per heavy atom. The zero-order valence-electron chi connectivity index (χ0n) is 21.7. The summed E-state index contributed by atoms with van der Waals surface area (Å²) in [6.45, 7) is 4.92. The molecule has 9 heteroatoms. The second-order valence-corrected chi connectivity index (χ2v) is 10.3. The number of rotatable bonds is 7. The van der Waals surface area contributed by atoms with Crippen LogP contribution in [0.4, 0.5) is 5.69 Å². The molecule has 1 amide bonds. The first-order valence-corrected chi connectivity index (χ1v) is 13.0. The van der Waals surface area contributed by atoms with E-state index in [0.717, 1.165) is 40.0 Å². The molecule has 0 spiro atoms. The molecule has 1 aliphatic carbocycles. The quantitative estimate of drug-likeness (QED) is 0.341. The summed E-state index contributed by atoms with van der Waals surface area (Å²) in [4.78, 5) is 24.6. The summed E-state index contributed by atoms with van der Waals surface area (Å²) in [5.74, 6) is -0.297. The fourth-order valence-corrected chi connectivity index (χ4v) is 5.04. The van der Waals surface area contributed by atoms with Gasteiger partial charge in [0, 0.05) is 43.0 Å². The zero-order valence-corrected chi connectivity index (χ0v) is 21.7. The van der Waals surface area contributed by atoms with Gasteiger partial charge in [0.1, 0.15) is 5.65 Å². The molecule has 1 fully saturated rings. The Hall–Kier alpha value is -4.24. The van der Waals surface area contributed by atoms with E-state index in [4.69, 9.17) is 5.10 Å². The fraction of sp³-hybridized carbons (Fsp3) is 0.310. The van der Waals surface area contributed by atoms with Crippen molar-refractivity contribution in [3.05, 3.63) is 78.4 Å². The van der Waals surface area contributed by atoms with Crippen LogP contribution >= 0.6 is 0 Å². The third kappa shape index (κ3) is 4.18. The third-order valence-electron chi connectivity index (χ3n) is 7.33. The Morgan fingerprint density at radius 2 is 1.95 bits per heavy atom. The number of nitrogens with one attached hydrogen (secondary N) is 1.